The molecule has 7 heteroatoms. The maximum atomic E-state index is 12.4. The van der Waals surface area contributed by atoms with Crippen molar-refractivity contribution < 1.29 is 9.21 Å². The maximum absolute atomic E-state index is 12.4. The lowest BCUT2D eigenvalue weighted by atomic mass is 10.1. The highest BCUT2D eigenvalue weighted by Gasteiger charge is 2.11. The molecule has 3 aromatic heterocycles. The van der Waals surface area contributed by atoms with E-state index in [1.165, 1.54) is 0 Å². The van der Waals surface area contributed by atoms with E-state index in [9.17, 15) is 4.79 Å². The molecule has 4 aromatic rings. The molecule has 0 saturated heterocycles. The molecule has 0 spiro atoms. The van der Waals surface area contributed by atoms with E-state index in [0.29, 0.717) is 17.6 Å². The number of nitrogens with zero attached hydrogens (tertiary/aromatic N) is 4. The van der Waals surface area contributed by atoms with Crippen molar-refractivity contribution in [3.63, 3.8) is 0 Å². The van der Waals surface area contributed by atoms with Gasteiger partial charge in [0.25, 0.3) is 0 Å². The zero-order valence-corrected chi connectivity index (χ0v) is 14.4. The molecule has 0 bridgehead atoms. The van der Waals surface area contributed by atoms with Crippen LogP contribution in [0.1, 0.15) is 11.5 Å². The van der Waals surface area contributed by atoms with E-state index in [-0.39, 0.29) is 12.5 Å². The fraction of sp³-hybridized carbons (Fsp3) is 0.158. The minimum atomic E-state index is -0.139. The van der Waals surface area contributed by atoms with Crippen molar-refractivity contribution in [1.82, 2.24) is 19.7 Å². The Balaban J connectivity index is 1.59. The van der Waals surface area contributed by atoms with Crippen LogP contribution in [0.3, 0.4) is 0 Å². The zero-order valence-electron chi connectivity index (χ0n) is 14.4. The Kier molecular flexibility index (Phi) is 3.96. The van der Waals surface area contributed by atoms with Crippen LogP contribution in [0.2, 0.25) is 0 Å². The van der Waals surface area contributed by atoms with Crippen molar-refractivity contribution in [2.75, 3.05) is 5.32 Å². The third kappa shape index (κ3) is 3.19. The molecule has 0 aliphatic carbocycles. The molecule has 1 amide bonds. The van der Waals surface area contributed by atoms with Crippen molar-refractivity contribution in [3.05, 3.63) is 60.2 Å². The van der Waals surface area contributed by atoms with E-state index in [2.05, 4.69) is 20.5 Å². The Bertz CT molecular complexity index is 1100. The fourth-order valence-corrected chi connectivity index (χ4v) is 2.81. The lowest BCUT2D eigenvalue weighted by Gasteiger charge is -2.08. The predicted molar refractivity (Wildman–Crippen MR) is 97.6 cm³/mol. The topological polar surface area (TPSA) is 85.8 Å². The number of carbonyl (C=O) groups excluding carboxylic acids is 1. The van der Waals surface area contributed by atoms with Gasteiger partial charge in [-0.3, -0.25) is 4.79 Å². The smallest absolute Gasteiger partial charge is 0.247 e. The van der Waals surface area contributed by atoms with Crippen molar-refractivity contribution in [3.8, 4) is 11.5 Å². The van der Waals surface area contributed by atoms with Gasteiger partial charge in [0.05, 0.1) is 0 Å². The molecule has 1 aromatic carbocycles. The Morgan fingerprint density at radius 1 is 1.15 bits per heavy atom. The van der Waals surface area contributed by atoms with Gasteiger partial charge in [0, 0.05) is 30.4 Å². The first kappa shape index (κ1) is 16.0. The van der Waals surface area contributed by atoms with Crippen LogP contribution in [0.15, 0.2) is 53.2 Å². The summed E-state index contributed by atoms with van der Waals surface area (Å²) >= 11 is 0. The summed E-state index contributed by atoms with van der Waals surface area (Å²) in [6.07, 6.45) is 3.56. The highest BCUT2D eigenvalue weighted by molar-refractivity contribution is 5.92. The number of benzene rings is 1. The van der Waals surface area contributed by atoms with Gasteiger partial charge in [-0.25, -0.2) is 4.98 Å². The van der Waals surface area contributed by atoms with E-state index >= 15 is 0 Å². The fourth-order valence-electron chi connectivity index (χ4n) is 2.81. The summed E-state index contributed by atoms with van der Waals surface area (Å²) in [6.45, 7) is 3.89. The first-order chi connectivity index (χ1) is 12.6. The molecule has 0 unspecified atom stereocenters. The summed E-state index contributed by atoms with van der Waals surface area (Å²) in [5.41, 5.74) is 2.78. The molecular weight excluding hydrogens is 330 g/mol. The number of amides is 1. The first-order valence-electron chi connectivity index (χ1n) is 8.20. The quantitative estimate of drug-likeness (QED) is 0.612. The second kappa shape index (κ2) is 6.44. The molecule has 1 N–H and O–H groups in total. The highest BCUT2D eigenvalue weighted by atomic mass is 16.4. The molecule has 0 atom stereocenters. The average molecular weight is 347 g/mol. The van der Waals surface area contributed by atoms with Crippen LogP contribution < -0.4 is 5.32 Å². The molecule has 130 valence electrons. The van der Waals surface area contributed by atoms with Crippen LogP contribution in [0.25, 0.3) is 22.4 Å². The summed E-state index contributed by atoms with van der Waals surface area (Å²) in [6, 6.07) is 11.5. The zero-order chi connectivity index (χ0) is 18.1. The standard InChI is InChI=1S/C19H17N5O2/c1-12-5-7-20-17(9-12)21-18(25)11-24-8-6-14-3-4-15(10-16(14)24)19-23-22-13(2)26-19/h3-10H,11H2,1-2H3,(H,20,21,25). The van der Waals surface area contributed by atoms with E-state index in [1.54, 1.807) is 13.1 Å². The molecule has 7 nitrogen and oxygen atoms in total. The maximum Gasteiger partial charge on any atom is 0.247 e. The predicted octanol–water partition coefficient (Wildman–Crippen LogP) is 3.34. The molecule has 0 radical (unpaired) electrons. The third-order valence-corrected chi connectivity index (χ3v) is 4.04. The van der Waals surface area contributed by atoms with Gasteiger partial charge in [-0.05, 0) is 48.2 Å². The molecular formula is C19H17N5O2. The largest absolute Gasteiger partial charge is 0.421 e. The van der Waals surface area contributed by atoms with E-state index in [4.69, 9.17) is 4.42 Å². The van der Waals surface area contributed by atoms with Gasteiger partial charge < -0.3 is 14.3 Å². The van der Waals surface area contributed by atoms with Crippen LogP contribution in [0.4, 0.5) is 5.82 Å². The second-order valence-electron chi connectivity index (χ2n) is 6.11. The van der Waals surface area contributed by atoms with Crippen molar-refractivity contribution in [1.29, 1.82) is 0 Å². The second-order valence-corrected chi connectivity index (χ2v) is 6.11. The van der Waals surface area contributed by atoms with Gasteiger partial charge in [-0.15, -0.1) is 10.2 Å². The van der Waals surface area contributed by atoms with Crippen molar-refractivity contribution in [2.24, 2.45) is 0 Å². The average Bonchev–Trinajstić information content (AvgIpc) is 3.21. The molecule has 0 saturated carbocycles. The normalized spacial score (nSPS) is 11.0. The molecule has 0 aliphatic heterocycles. The molecule has 3 heterocycles. The third-order valence-electron chi connectivity index (χ3n) is 4.04. The van der Waals surface area contributed by atoms with Crippen LogP contribution in [-0.2, 0) is 11.3 Å². The van der Waals surface area contributed by atoms with E-state index in [0.717, 1.165) is 22.0 Å². The molecule has 0 aliphatic rings. The minimum Gasteiger partial charge on any atom is -0.421 e. The molecule has 0 fully saturated rings. The van der Waals surface area contributed by atoms with Crippen LogP contribution in [-0.4, -0.2) is 25.7 Å². The number of hydrogen-bond acceptors (Lipinski definition) is 5. The van der Waals surface area contributed by atoms with Crippen LogP contribution in [0, 0.1) is 13.8 Å². The lowest BCUT2D eigenvalue weighted by Crippen LogP contribution is -2.18. The minimum absolute atomic E-state index is 0.139. The Morgan fingerprint density at radius 2 is 2.04 bits per heavy atom. The van der Waals surface area contributed by atoms with Crippen molar-refractivity contribution >= 4 is 22.6 Å². The molecule has 4 rings (SSSR count). The number of aromatic nitrogens is 4. The summed E-state index contributed by atoms with van der Waals surface area (Å²) in [4.78, 5) is 16.5. The number of nitrogens with one attached hydrogen (secondary N) is 1. The van der Waals surface area contributed by atoms with E-state index in [1.807, 2.05) is 54.1 Å². The lowest BCUT2D eigenvalue weighted by molar-refractivity contribution is -0.116. The van der Waals surface area contributed by atoms with Gasteiger partial charge in [-0.2, -0.15) is 0 Å². The van der Waals surface area contributed by atoms with Gasteiger partial charge in [-0.1, -0.05) is 6.07 Å². The van der Waals surface area contributed by atoms with Crippen LogP contribution in [0.5, 0.6) is 0 Å². The van der Waals surface area contributed by atoms with Crippen LogP contribution >= 0.6 is 0 Å². The number of pyridine rings is 1. The van der Waals surface area contributed by atoms with Crippen molar-refractivity contribution in [2.45, 2.75) is 20.4 Å². The monoisotopic (exact) mass is 347 g/mol. The first-order valence-corrected chi connectivity index (χ1v) is 8.20. The highest BCUT2D eigenvalue weighted by Crippen LogP contribution is 2.24. The number of rotatable bonds is 4. The summed E-state index contributed by atoms with van der Waals surface area (Å²) < 4.78 is 7.37. The number of carbonyl (C=O) groups is 1. The summed E-state index contributed by atoms with van der Waals surface area (Å²) in [5, 5.41) is 11.8. The number of anilines is 1. The summed E-state index contributed by atoms with van der Waals surface area (Å²) in [5.74, 6) is 1.39. The molecule has 26 heavy (non-hydrogen) atoms. The van der Waals surface area contributed by atoms with Gasteiger partial charge in [0.15, 0.2) is 0 Å². The number of fused-ring (bicyclic) bond motifs is 1. The Hall–Kier alpha value is -3.48. The van der Waals surface area contributed by atoms with Gasteiger partial charge >= 0.3 is 0 Å². The number of hydrogen-bond donors (Lipinski definition) is 1. The summed E-state index contributed by atoms with van der Waals surface area (Å²) in [7, 11) is 0. The Labute approximate surface area is 149 Å². The Morgan fingerprint density at radius 3 is 2.81 bits per heavy atom. The van der Waals surface area contributed by atoms with Gasteiger partial charge in [0.2, 0.25) is 17.7 Å². The van der Waals surface area contributed by atoms with Gasteiger partial charge in [0.1, 0.15) is 12.4 Å². The van der Waals surface area contributed by atoms with E-state index < -0.39 is 0 Å². The SMILES string of the molecule is Cc1ccnc(NC(=O)Cn2ccc3ccc(-c4nnc(C)o4)cc32)c1. The number of aryl methyl sites for hydroxylation is 2.